The van der Waals surface area contributed by atoms with Crippen LogP contribution in [0.3, 0.4) is 0 Å². The average molecular weight is 122 g/mol. The van der Waals surface area contributed by atoms with Crippen LogP contribution in [0.15, 0.2) is 24.3 Å². The normalized spacial score (nSPS) is 27.4. The van der Waals surface area contributed by atoms with Gasteiger partial charge in [0.15, 0.2) is 0 Å². The fourth-order valence-electron chi connectivity index (χ4n) is 1.25. The van der Waals surface area contributed by atoms with Gasteiger partial charge in [-0.05, 0) is 32.1 Å². The Hall–Kier alpha value is -0.520. The van der Waals surface area contributed by atoms with Crippen molar-refractivity contribution < 1.29 is 0 Å². The Morgan fingerprint density at radius 3 is 3.00 bits per heavy atom. The molecule has 0 N–H and O–H groups in total. The number of hydrogen-bond donors (Lipinski definition) is 0. The molecule has 9 heavy (non-hydrogen) atoms. The summed E-state index contributed by atoms with van der Waals surface area (Å²) >= 11 is 0. The monoisotopic (exact) mass is 122 g/mol. The molecular weight excluding hydrogens is 108 g/mol. The Labute approximate surface area is 57.3 Å². The van der Waals surface area contributed by atoms with E-state index in [4.69, 9.17) is 0 Å². The molecule has 0 saturated carbocycles. The molecule has 0 radical (unpaired) electrons. The highest BCUT2D eigenvalue weighted by atomic mass is 14.1. The molecule has 50 valence electrons. The van der Waals surface area contributed by atoms with Crippen LogP contribution < -0.4 is 0 Å². The van der Waals surface area contributed by atoms with Crippen LogP contribution in [0.25, 0.3) is 0 Å². The smallest absolute Gasteiger partial charge is 0.00535 e. The van der Waals surface area contributed by atoms with Crippen LogP contribution in [0.5, 0.6) is 0 Å². The molecule has 0 fully saturated rings. The van der Waals surface area contributed by atoms with E-state index < -0.39 is 0 Å². The van der Waals surface area contributed by atoms with E-state index in [-0.39, 0.29) is 0 Å². The maximum Gasteiger partial charge on any atom is -0.00535 e. The summed E-state index contributed by atoms with van der Waals surface area (Å²) in [5, 5.41) is 0. The molecule has 1 unspecified atom stereocenters. The second-order valence-corrected chi connectivity index (χ2v) is 2.55. The minimum absolute atomic E-state index is 0.740. The zero-order valence-electron chi connectivity index (χ0n) is 6.01. The predicted molar refractivity (Wildman–Crippen MR) is 41.3 cm³/mol. The van der Waals surface area contributed by atoms with Gasteiger partial charge in [0, 0.05) is 0 Å². The SMILES string of the molecule is C/C=C/C1C=CCCC1. The van der Waals surface area contributed by atoms with Gasteiger partial charge in [-0.1, -0.05) is 24.3 Å². The fourth-order valence-corrected chi connectivity index (χ4v) is 1.25. The van der Waals surface area contributed by atoms with Gasteiger partial charge in [0.2, 0.25) is 0 Å². The highest BCUT2D eigenvalue weighted by Crippen LogP contribution is 2.17. The molecule has 0 aromatic heterocycles. The minimum Gasteiger partial charge on any atom is -0.0911 e. The maximum atomic E-state index is 2.31. The van der Waals surface area contributed by atoms with Crippen molar-refractivity contribution in [3.8, 4) is 0 Å². The number of hydrogen-bond acceptors (Lipinski definition) is 0. The van der Waals surface area contributed by atoms with E-state index in [1.807, 2.05) is 0 Å². The van der Waals surface area contributed by atoms with Crippen molar-refractivity contribution >= 4 is 0 Å². The predicted octanol–water partition coefficient (Wildman–Crippen LogP) is 2.92. The molecule has 1 atom stereocenters. The van der Waals surface area contributed by atoms with Crippen molar-refractivity contribution in [3.63, 3.8) is 0 Å². The summed E-state index contributed by atoms with van der Waals surface area (Å²) in [6, 6.07) is 0. The van der Waals surface area contributed by atoms with Crippen molar-refractivity contribution in [2.45, 2.75) is 26.2 Å². The van der Waals surface area contributed by atoms with E-state index in [9.17, 15) is 0 Å². The quantitative estimate of drug-likeness (QED) is 0.469. The van der Waals surface area contributed by atoms with E-state index >= 15 is 0 Å². The molecule has 0 nitrogen and oxygen atoms in total. The Morgan fingerprint density at radius 1 is 1.56 bits per heavy atom. The third kappa shape index (κ3) is 2.05. The van der Waals surface area contributed by atoms with Crippen LogP contribution in [-0.2, 0) is 0 Å². The second-order valence-electron chi connectivity index (χ2n) is 2.55. The first-order valence-corrected chi connectivity index (χ1v) is 3.73. The van der Waals surface area contributed by atoms with Crippen molar-refractivity contribution in [3.05, 3.63) is 24.3 Å². The van der Waals surface area contributed by atoms with Crippen molar-refractivity contribution in [2.24, 2.45) is 5.92 Å². The summed E-state index contributed by atoms with van der Waals surface area (Å²) in [5.41, 5.74) is 0. The van der Waals surface area contributed by atoms with Crippen molar-refractivity contribution in [1.29, 1.82) is 0 Å². The third-order valence-electron chi connectivity index (χ3n) is 1.73. The van der Waals surface area contributed by atoms with E-state index in [1.54, 1.807) is 0 Å². The minimum atomic E-state index is 0.740. The molecule has 0 aromatic carbocycles. The van der Waals surface area contributed by atoms with Gasteiger partial charge < -0.3 is 0 Å². The number of rotatable bonds is 1. The lowest BCUT2D eigenvalue weighted by molar-refractivity contribution is 0.630. The van der Waals surface area contributed by atoms with Crippen LogP contribution in [-0.4, -0.2) is 0 Å². The summed E-state index contributed by atoms with van der Waals surface area (Å²) in [5.74, 6) is 0.740. The molecule has 0 amide bonds. The van der Waals surface area contributed by atoms with Gasteiger partial charge in [0.1, 0.15) is 0 Å². The van der Waals surface area contributed by atoms with E-state index in [0.29, 0.717) is 0 Å². The number of allylic oxidation sites excluding steroid dienone is 4. The maximum absolute atomic E-state index is 2.31. The summed E-state index contributed by atoms with van der Waals surface area (Å²) in [4.78, 5) is 0. The van der Waals surface area contributed by atoms with Gasteiger partial charge in [0.05, 0.1) is 0 Å². The molecule has 0 heterocycles. The molecule has 1 aliphatic carbocycles. The molecule has 0 spiro atoms. The van der Waals surface area contributed by atoms with E-state index in [1.165, 1.54) is 19.3 Å². The molecule has 0 saturated heterocycles. The van der Waals surface area contributed by atoms with Crippen LogP contribution in [0.1, 0.15) is 26.2 Å². The van der Waals surface area contributed by atoms with Gasteiger partial charge in [-0.2, -0.15) is 0 Å². The summed E-state index contributed by atoms with van der Waals surface area (Å²) in [6.45, 7) is 2.09. The molecular formula is C9H14. The lowest BCUT2D eigenvalue weighted by atomic mass is 9.96. The summed E-state index contributed by atoms with van der Waals surface area (Å²) in [6.07, 6.45) is 13.0. The van der Waals surface area contributed by atoms with E-state index in [0.717, 1.165) is 5.92 Å². The molecule has 0 bridgehead atoms. The Balaban J connectivity index is 2.40. The Kier molecular flexibility index (Phi) is 2.56. The topological polar surface area (TPSA) is 0 Å². The lowest BCUT2D eigenvalue weighted by Crippen LogP contribution is -1.95. The van der Waals surface area contributed by atoms with Gasteiger partial charge in [-0.3, -0.25) is 0 Å². The van der Waals surface area contributed by atoms with Crippen molar-refractivity contribution in [2.75, 3.05) is 0 Å². The standard InChI is InChI=1S/C9H14/c1-2-6-9-7-4-3-5-8-9/h2,4,6-7,9H,3,5,8H2,1H3/b6-2+. The summed E-state index contributed by atoms with van der Waals surface area (Å²) < 4.78 is 0. The summed E-state index contributed by atoms with van der Waals surface area (Å²) in [7, 11) is 0. The molecule has 1 rings (SSSR count). The molecule has 0 aliphatic heterocycles. The Bertz CT molecular complexity index is 120. The second kappa shape index (κ2) is 3.49. The Morgan fingerprint density at radius 2 is 2.44 bits per heavy atom. The largest absolute Gasteiger partial charge is 0.0911 e. The fraction of sp³-hybridized carbons (Fsp3) is 0.556. The van der Waals surface area contributed by atoms with Crippen LogP contribution in [0.4, 0.5) is 0 Å². The highest BCUT2D eigenvalue weighted by molar-refractivity contribution is 5.02. The van der Waals surface area contributed by atoms with E-state index in [2.05, 4.69) is 31.2 Å². The first-order valence-electron chi connectivity index (χ1n) is 3.73. The first kappa shape index (κ1) is 6.60. The van der Waals surface area contributed by atoms with Crippen molar-refractivity contribution in [1.82, 2.24) is 0 Å². The molecule has 1 aliphatic rings. The van der Waals surface area contributed by atoms with Gasteiger partial charge in [-0.25, -0.2) is 0 Å². The molecule has 0 heteroatoms. The van der Waals surface area contributed by atoms with Crippen LogP contribution >= 0.6 is 0 Å². The average Bonchev–Trinajstić information content (AvgIpc) is 1.91. The zero-order chi connectivity index (χ0) is 6.53. The first-order chi connectivity index (χ1) is 4.43. The van der Waals surface area contributed by atoms with Gasteiger partial charge >= 0.3 is 0 Å². The molecule has 0 aromatic rings. The van der Waals surface area contributed by atoms with Gasteiger partial charge in [0.25, 0.3) is 0 Å². The van der Waals surface area contributed by atoms with Gasteiger partial charge in [-0.15, -0.1) is 0 Å². The van der Waals surface area contributed by atoms with Crippen LogP contribution in [0, 0.1) is 5.92 Å². The highest BCUT2D eigenvalue weighted by Gasteiger charge is 2.01. The third-order valence-corrected chi connectivity index (χ3v) is 1.73. The zero-order valence-corrected chi connectivity index (χ0v) is 6.01. The van der Waals surface area contributed by atoms with Crippen LogP contribution in [0.2, 0.25) is 0 Å². The lowest BCUT2D eigenvalue weighted by Gasteiger charge is -2.10.